The molecule has 0 N–H and O–H groups in total. The third kappa shape index (κ3) is 3.82. The molecule has 0 amide bonds. The minimum atomic E-state index is 0.677. The number of methoxy groups -OCH3 is 4. The number of pyridine rings is 1. The van der Waals surface area contributed by atoms with Gasteiger partial charge in [0, 0.05) is 11.1 Å². The van der Waals surface area contributed by atoms with E-state index in [9.17, 15) is 0 Å². The van der Waals surface area contributed by atoms with Crippen molar-refractivity contribution >= 4 is 22.9 Å². The zero-order valence-corrected chi connectivity index (χ0v) is 16.2. The van der Waals surface area contributed by atoms with E-state index in [0.717, 1.165) is 27.7 Å². The molecule has 0 radical (unpaired) electrons. The summed E-state index contributed by atoms with van der Waals surface area (Å²) in [7, 11) is 6.51. The summed E-state index contributed by atoms with van der Waals surface area (Å²) in [6.45, 7) is 1.98. The van der Waals surface area contributed by atoms with Crippen LogP contribution >= 0.6 is 0 Å². The van der Waals surface area contributed by atoms with E-state index in [1.165, 1.54) is 0 Å². The Kier molecular flexibility index (Phi) is 5.50. The van der Waals surface area contributed by atoms with Gasteiger partial charge in [0.2, 0.25) is 0 Å². The lowest BCUT2D eigenvalue weighted by Crippen LogP contribution is -1.94. The molecule has 0 bridgehead atoms. The zero-order valence-electron chi connectivity index (χ0n) is 16.2. The second kappa shape index (κ2) is 7.99. The number of rotatable bonds is 6. The summed E-state index contributed by atoms with van der Waals surface area (Å²) >= 11 is 0. The van der Waals surface area contributed by atoms with Crippen LogP contribution in [0.25, 0.3) is 22.9 Å². The standard InChI is InChI=1S/C22H23NO4/c1-14-10-16-12-21(26-4)22(27-5)13-17(16)18(23-14)8-6-15-7-9-19(24-2)20(11-15)25-3/h6-13H,1-5H3/b8-6+. The van der Waals surface area contributed by atoms with Gasteiger partial charge in [0.15, 0.2) is 23.0 Å². The minimum Gasteiger partial charge on any atom is -0.493 e. The topological polar surface area (TPSA) is 49.8 Å². The van der Waals surface area contributed by atoms with Gasteiger partial charge in [-0.15, -0.1) is 0 Å². The molecule has 140 valence electrons. The van der Waals surface area contributed by atoms with Crippen LogP contribution in [0.5, 0.6) is 23.0 Å². The second-order valence-corrected chi connectivity index (χ2v) is 6.02. The molecule has 0 unspecified atom stereocenters. The summed E-state index contributed by atoms with van der Waals surface area (Å²) in [6.07, 6.45) is 3.99. The van der Waals surface area contributed by atoms with Crippen molar-refractivity contribution in [2.45, 2.75) is 6.92 Å². The van der Waals surface area contributed by atoms with Crippen molar-refractivity contribution in [3.63, 3.8) is 0 Å². The Balaban J connectivity index is 2.07. The quantitative estimate of drug-likeness (QED) is 0.631. The van der Waals surface area contributed by atoms with Gasteiger partial charge < -0.3 is 18.9 Å². The van der Waals surface area contributed by atoms with Crippen LogP contribution in [0.1, 0.15) is 17.0 Å². The van der Waals surface area contributed by atoms with Crippen LogP contribution < -0.4 is 18.9 Å². The van der Waals surface area contributed by atoms with Crippen molar-refractivity contribution in [2.75, 3.05) is 28.4 Å². The molecule has 0 aliphatic carbocycles. The Morgan fingerprint density at radius 3 is 2.00 bits per heavy atom. The van der Waals surface area contributed by atoms with Gasteiger partial charge in [-0.05, 0) is 54.3 Å². The highest BCUT2D eigenvalue weighted by atomic mass is 16.5. The molecule has 0 aliphatic heterocycles. The molecule has 5 nitrogen and oxygen atoms in total. The Labute approximate surface area is 159 Å². The molecule has 3 rings (SSSR count). The predicted octanol–water partition coefficient (Wildman–Crippen LogP) is 4.75. The fraction of sp³-hybridized carbons (Fsp3) is 0.227. The lowest BCUT2D eigenvalue weighted by atomic mass is 10.1. The largest absolute Gasteiger partial charge is 0.493 e. The van der Waals surface area contributed by atoms with Crippen molar-refractivity contribution in [3.8, 4) is 23.0 Å². The summed E-state index contributed by atoms with van der Waals surface area (Å²) in [4.78, 5) is 4.68. The Morgan fingerprint density at radius 1 is 0.704 bits per heavy atom. The molecule has 2 aromatic carbocycles. The number of nitrogens with zero attached hydrogens (tertiary/aromatic N) is 1. The average Bonchev–Trinajstić information content (AvgIpc) is 2.70. The van der Waals surface area contributed by atoms with Gasteiger partial charge in [-0.3, -0.25) is 4.98 Å². The maximum atomic E-state index is 5.44. The summed E-state index contributed by atoms with van der Waals surface area (Å²) in [5.41, 5.74) is 2.78. The summed E-state index contributed by atoms with van der Waals surface area (Å²) in [6, 6.07) is 11.7. The van der Waals surface area contributed by atoms with E-state index in [1.54, 1.807) is 28.4 Å². The Bertz CT molecular complexity index is 995. The number of hydrogen-bond acceptors (Lipinski definition) is 5. The van der Waals surface area contributed by atoms with E-state index < -0.39 is 0 Å². The van der Waals surface area contributed by atoms with Crippen LogP contribution in [0.4, 0.5) is 0 Å². The molecular formula is C22H23NO4. The van der Waals surface area contributed by atoms with Crippen LogP contribution in [0.15, 0.2) is 36.4 Å². The van der Waals surface area contributed by atoms with Crippen LogP contribution in [0.3, 0.4) is 0 Å². The molecule has 0 aliphatic rings. The molecule has 0 atom stereocenters. The number of aryl methyl sites for hydroxylation is 1. The Morgan fingerprint density at radius 2 is 1.33 bits per heavy atom. The number of benzene rings is 2. The van der Waals surface area contributed by atoms with Gasteiger partial charge in [-0.25, -0.2) is 0 Å². The third-order valence-corrected chi connectivity index (χ3v) is 4.33. The molecule has 0 spiro atoms. The number of aromatic nitrogens is 1. The zero-order chi connectivity index (χ0) is 19.4. The van der Waals surface area contributed by atoms with E-state index >= 15 is 0 Å². The number of hydrogen-bond donors (Lipinski definition) is 0. The second-order valence-electron chi connectivity index (χ2n) is 6.02. The van der Waals surface area contributed by atoms with E-state index in [1.807, 2.05) is 55.5 Å². The average molecular weight is 365 g/mol. The summed E-state index contributed by atoms with van der Waals surface area (Å²) in [5, 5.41) is 2.04. The molecule has 0 fully saturated rings. The van der Waals surface area contributed by atoms with E-state index in [2.05, 4.69) is 4.98 Å². The van der Waals surface area contributed by atoms with Gasteiger partial charge >= 0.3 is 0 Å². The maximum Gasteiger partial charge on any atom is 0.161 e. The van der Waals surface area contributed by atoms with Crippen molar-refractivity contribution < 1.29 is 18.9 Å². The van der Waals surface area contributed by atoms with E-state index in [4.69, 9.17) is 18.9 Å². The maximum absolute atomic E-state index is 5.44. The highest BCUT2D eigenvalue weighted by Gasteiger charge is 2.10. The van der Waals surface area contributed by atoms with Crippen LogP contribution in [0, 0.1) is 6.92 Å². The summed E-state index contributed by atoms with van der Waals surface area (Å²) in [5.74, 6) is 2.76. The van der Waals surface area contributed by atoms with Crippen molar-refractivity contribution in [3.05, 3.63) is 53.3 Å². The smallest absolute Gasteiger partial charge is 0.161 e. The van der Waals surface area contributed by atoms with Crippen molar-refractivity contribution in [1.29, 1.82) is 0 Å². The summed E-state index contributed by atoms with van der Waals surface area (Å²) < 4.78 is 21.5. The first-order chi connectivity index (χ1) is 13.1. The van der Waals surface area contributed by atoms with Crippen molar-refractivity contribution in [2.24, 2.45) is 0 Å². The number of ether oxygens (including phenoxy) is 4. The van der Waals surface area contributed by atoms with Crippen LogP contribution in [-0.2, 0) is 0 Å². The highest BCUT2D eigenvalue weighted by molar-refractivity contribution is 5.94. The molecule has 1 aromatic heterocycles. The van der Waals surface area contributed by atoms with Crippen LogP contribution in [0.2, 0.25) is 0 Å². The highest BCUT2D eigenvalue weighted by Crippen LogP contribution is 2.34. The minimum absolute atomic E-state index is 0.677. The van der Waals surface area contributed by atoms with E-state index in [0.29, 0.717) is 23.0 Å². The fourth-order valence-corrected chi connectivity index (χ4v) is 3.00. The molecule has 3 aromatic rings. The molecule has 27 heavy (non-hydrogen) atoms. The third-order valence-electron chi connectivity index (χ3n) is 4.33. The lowest BCUT2D eigenvalue weighted by Gasteiger charge is -2.11. The Hall–Kier alpha value is -3.21. The normalized spacial score (nSPS) is 11.0. The van der Waals surface area contributed by atoms with Crippen molar-refractivity contribution in [1.82, 2.24) is 4.98 Å². The first-order valence-corrected chi connectivity index (χ1v) is 8.53. The van der Waals surface area contributed by atoms with Gasteiger partial charge in [0.25, 0.3) is 0 Å². The SMILES string of the molecule is COc1ccc(/C=C/c2nc(C)cc3cc(OC)c(OC)cc23)cc1OC. The molecule has 0 saturated heterocycles. The van der Waals surface area contributed by atoms with Gasteiger partial charge in [-0.2, -0.15) is 0 Å². The molecular weight excluding hydrogens is 342 g/mol. The number of fused-ring (bicyclic) bond motifs is 1. The first-order valence-electron chi connectivity index (χ1n) is 8.53. The van der Waals surface area contributed by atoms with Gasteiger partial charge in [0.05, 0.1) is 34.1 Å². The first kappa shape index (κ1) is 18.6. The lowest BCUT2D eigenvalue weighted by molar-refractivity contribution is 0.355. The predicted molar refractivity (Wildman–Crippen MR) is 108 cm³/mol. The molecule has 1 heterocycles. The molecule has 0 saturated carbocycles. The monoisotopic (exact) mass is 365 g/mol. The van der Waals surface area contributed by atoms with Gasteiger partial charge in [-0.1, -0.05) is 12.1 Å². The fourth-order valence-electron chi connectivity index (χ4n) is 3.00. The van der Waals surface area contributed by atoms with Crippen LogP contribution in [-0.4, -0.2) is 33.4 Å². The van der Waals surface area contributed by atoms with E-state index in [-0.39, 0.29) is 0 Å². The van der Waals surface area contributed by atoms with Gasteiger partial charge in [0.1, 0.15) is 0 Å². The molecule has 5 heteroatoms.